The van der Waals surface area contributed by atoms with E-state index in [2.05, 4.69) is 9.97 Å². The van der Waals surface area contributed by atoms with Crippen molar-refractivity contribution in [2.75, 3.05) is 0 Å². The van der Waals surface area contributed by atoms with Crippen LogP contribution in [0, 0.1) is 0 Å². The van der Waals surface area contributed by atoms with Crippen molar-refractivity contribution in [3.8, 4) is 0 Å². The van der Waals surface area contributed by atoms with Gasteiger partial charge in [0, 0.05) is 24.8 Å². The van der Waals surface area contributed by atoms with Crippen LogP contribution in [0.3, 0.4) is 0 Å². The van der Waals surface area contributed by atoms with Gasteiger partial charge in [-0.1, -0.05) is 0 Å². The molecule has 21 heavy (non-hydrogen) atoms. The van der Waals surface area contributed by atoms with Gasteiger partial charge in [-0.05, 0) is 35.4 Å². The summed E-state index contributed by atoms with van der Waals surface area (Å²) in [6.45, 7) is 0. The summed E-state index contributed by atoms with van der Waals surface area (Å²) in [5, 5.41) is 10.3. The summed E-state index contributed by atoms with van der Waals surface area (Å²) >= 11 is 0. The van der Waals surface area contributed by atoms with Crippen LogP contribution in [0.2, 0.25) is 0 Å². The quantitative estimate of drug-likeness (QED) is 0.887. The monoisotopic (exact) mass is 304 g/mol. The number of hydrogen-bond donors (Lipinski definition) is 1. The molecule has 3 nitrogen and oxygen atoms in total. The topological polar surface area (TPSA) is 46.0 Å². The second kappa shape index (κ2) is 5.03. The normalized spacial score (nSPS) is 13.2. The van der Waals surface area contributed by atoms with Crippen LogP contribution in [0.15, 0.2) is 49.1 Å². The molecule has 0 amide bonds. The van der Waals surface area contributed by atoms with E-state index in [9.17, 15) is 27.1 Å². The summed E-state index contributed by atoms with van der Waals surface area (Å²) in [7, 11) is 0. The minimum Gasteiger partial charge on any atom is -0.374 e. The van der Waals surface area contributed by atoms with E-state index in [-0.39, 0.29) is 0 Å². The largest absolute Gasteiger partial charge is 0.457 e. The minimum absolute atomic E-state index is 0.619. The molecule has 0 saturated carbocycles. The predicted octanol–water partition coefficient (Wildman–Crippen LogP) is 2.91. The highest BCUT2D eigenvalue weighted by atomic mass is 19.4. The van der Waals surface area contributed by atoms with Crippen LogP contribution in [-0.2, 0) is 5.60 Å². The van der Waals surface area contributed by atoms with Crippen LogP contribution in [0.25, 0.3) is 0 Å². The molecule has 1 N–H and O–H groups in total. The number of alkyl halides is 5. The third kappa shape index (κ3) is 2.35. The Labute approximate surface area is 116 Å². The van der Waals surface area contributed by atoms with E-state index in [0.717, 1.165) is 49.1 Å². The molecule has 0 aliphatic carbocycles. The Morgan fingerprint density at radius 3 is 1.33 bits per heavy atom. The fourth-order valence-corrected chi connectivity index (χ4v) is 1.92. The Balaban J connectivity index is 2.73. The summed E-state index contributed by atoms with van der Waals surface area (Å²) in [5.74, 6) is -5.40. The molecule has 112 valence electrons. The van der Waals surface area contributed by atoms with Gasteiger partial charge in [0.15, 0.2) is 5.60 Å². The fraction of sp³-hybridized carbons (Fsp3) is 0.231. The van der Waals surface area contributed by atoms with Crippen molar-refractivity contribution in [3.63, 3.8) is 0 Å². The summed E-state index contributed by atoms with van der Waals surface area (Å²) in [6.07, 6.45) is -1.85. The zero-order valence-corrected chi connectivity index (χ0v) is 10.4. The number of pyridine rings is 2. The third-order valence-corrected chi connectivity index (χ3v) is 3.01. The zero-order chi connectivity index (χ0) is 15.7. The van der Waals surface area contributed by atoms with Crippen molar-refractivity contribution in [3.05, 3.63) is 60.2 Å². The van der Waals surface area contributed by atoms with E-state index in [1.54, 1.807) is 0 Å². The summed E-state index contributed by atoms with van der Waals surface area (Å²) in [4.78, 5) is 7.09. The van der Waals surface area contributed by atoms with E-state index in [1.807, 2.05) is 0 Å². The van der Waals surface area contributed by atoms with Gasteiger partial charge in [-0.15, -0.1) is 0 Å². The van der Waals surface area contributed by atoms with Gasteiger partial charge in [0.1, 0.15) is 0 Å². The summed E-state index contributed by atoms with van der Waals surface area (Å²) in [5.41, 5.74) is -4.81. The maximum atomic E-state index is 13.9. The smallest absolute Gasteiger partial charge is 0.374 e. The van der Waals surface area contributed by atoms with Crippen molar-refractivity contribution < 1.29 is 27.1 Å². The van der Waals surface area contributed by atoms with Gasteiger partial charge in [0.05, 0.1) is 0 Å². The molecule has 2 aromatic heterocycles. The molecule has 0 unspecified atom stereocenters. The zero-order valence-electron chi connectivity index (χ0n) is 10.4. The predicted molar refractivity (Wildman–Crippen MR) is 62.5 cm³/mol. The van der Waals surface area contributed by atoms with Crippen molar-refractivity contribution in [2.24, 2.45) is 0 Å². The highest BCUT2D eigenvalue weighted by molar-refractivity contribution is 5.37. The van der Waals surface area contributed by atoms with E-state index in [0.29, 0.717) is 0 Å². The highest BCUT2D eigenvalue weighted by Gasteiger charge is 2.71. The number of aliphatic hydroxyl groups is 1. The van der Waals surface area contributed by atoms with Gasteiger partial charge in [0.2, 0.25) is 0 Å². The average Bonchev–Trinajstić information content (AvgIpc) is 2.47. The van der Waals surface area contributed by atoms with Crippen LogP contribution in [-0.4, -0.2) is 27.2 Å². The maximum Gasteiger partial charge on any atom is 0.457 e. The lowest BCUT2D eigenvalue weighted by Crippen LogP contribution is -2.55. The molecule has 0 spiro atoms. The Hall–Kier alpha value is -2.09. The second-order valence-electron chi connectivity index (χ2n) is 4.25. The van der Waals surface area contributed by atoms with E-state index in [1.165, 1.54) is 0 Å². The summed E-state index contributed by atoms with van der Waals surface area (Å²) in [6, 6.07) is 3.61. The van der Waals surface area contributed by atoms with Crippen LogP contribution in [0.4, 0.5) is 22.0 Å². The molecular weight excluding hydrogens is 295 g/mol. The van der Waals surface area contributed by atoms with Crippen LogP contribution >= 0.6 is 0 Å². The molecule has 0 fully saturated rings. The Morgan fingerprint density at radius 2 is 1.05 bits per heavy atom. The molecule has 8 heteroatoms. The fourth-order valence-electron chi connectivity index (χ4n) is 1.92. The lowest BCUT2D eigenvalue weighted by atomic mass is 9.81. The molecule has 2 rings (SSSR count). The van der Waals surface area contributed by atoms with Gasteiger partial charge in [-0.2, -0.15) is 22.0 Å². The highest BCUT2D eigenvalue weighted by Crippen LogP contribution is 2.51. The van der Waals surface area contributed by atoms with Crippen LogP contribution in [0.1, 0.15) is 11.1 Å². The van der Waals surface area contributed by atoms with Crippen molar-refractivity contribution in [2.45, 2.75) is 17.7 Å². The molecule has 0 aliphatic heterocycles. The maximum absolute atomic E-state index is 13.9. The number of nitrogens with zero attached hydrogens (tertiary/aromatic N) is 2. The number of hydrogen-bond acceptors (Lipinski definition) is 3. The number of rotatable bonds is 3. The number of halogens is 5. The van der Waals surface area contributed by atoms with Crippen LogP contribution < -0.4 is 0 Å². The molecular formula is C13H9F5N2O. The molecule has 0 atom stereocenters. The Bertz CT molecular complexity index is 561. The van der Waals surface area contributed by atoms with Crippen molar-refractivity contribution in [1.29, 1.82) is 0 Å². The molecule has 0 aliphatic rings. The van der Waals surface area contributed by atoms with Gasteiger partial charge >= 0.3 is 12.1 Å². The molecule has 2 aromatic rings. The molecule has 2 heterocycles. The first-order valence-electron chi connectivity index (χ1n) is 5.69. The standard InChI is InChI=1S/C13H9F5N2O/c14-12(15,13(16,17)18)11(21,9-1-5-19-6-2-9)10-3-7-20-8-4-10/h1-8,21H. The third-order valence-electron chi connectivity index (χ3n) is 3.01. The van der Waals surface area contributed by atoms with Gasteiger partial charge < -0.3 is 5.11 Å². The minimum atomic E-state index is -5.94. The van der Waals surface area contributed by atoms with Gasteiger partial charge in [-0.25, -0.2) is 0 Å². The van der Waals surface area contributed by atoms with Gasteiger partial charge in [-0.3, -0.25) is 9.97 Å². The first kappa shape index (κ1) is 15.3. The molecule has 0 saturated heterocycles. The first-order valence-corrected chi connectivity index (χ1v) is 5.69. The number of aromatic nitrogens is 2. The first-order chi connectivity index (χ1) is 9.71. The molecule has 0 radical (unpaired) electrons. The van der Waals surface area contributed by atoms with Gasteiger partial charge in [0.25, 0.3) is 0 Å². The van der Waals surface area contributed by atoms with Crippen molar-refractivity contribution in [1.82, 2.24) is 9.97 Å². The molecule has 0 aromatic carbocycles. The lowest BCUT2D eigenvalue weighted by molar-refractivity contribution is -0.336. The summed E-state index contributed by atoms with van der Waals surface area (Å²) < 4.78 is 66.1. The van der Waals surface area contributed by atoms with Crippen LogP contribution in [0.5, 0.6) is 0 Å². The second-order valence-corrected chi connectivity index (χ2v) is 4.25. The SMILES string of the molecule is OC(c1ccncc1)(c1ccncc1)C(F)(F)C(F)(F)F. The average molecular weight is 304 g/mol. The van der Waals surface area contributed by atoms with E-state index >= 15 is 0 Å². The van der Waals surface area contributed by atoms with E-state index in [4.69, 9.17) is 0 Å². The van der Waals surface area contributed by atoms with Crippen molar-refractivity contribution >= 4 is 0 Å². The molecule has 0 bridgehead atoms. The van der Waals surface area contributed by atoms with E-state index < -0.39 is 28.8 Å². The Kier molecular flexibility index (Phi) is 3.66. The Morgan fingerprint density at radius 1 is 0.714 bits per heavy atom. The lowest BCUT2D eigenvalue weighted by Gasteiger charge is -2.37.